The molecule has 0 aliphatic heterocycles. The van der Waals surface area contributed by atoms with Crippen LogP contribution in [0.1, 0.15) is 43.6 Å². The van der Waals surface area contributed by atoms with Gasteiger partial charge in [-0.25, -0.2) is 0 Å². The Hall–Kier alpha value is -0.730. The van der Waals surface area contributed by atoms with Gasteiger partial charge in [0.25, 0.3) is 0 Å². The molecule has 0 saturated heterocycles. The topological polar surface area (TPSA) is 37.3 Å². The molecular formula is C14H16Cl2O2. The Morgan fingerprint density at radius 2 is 1.83 bits per heavy atom. The van der Waals surface area contributed by atoms with Crippen molar-refractivity contribution in [1.29, 1.82) is 0 Å². The average Bonchev–Trinajstić information content (AvgIpc) is 2.33. The van der Waals surface area contributed by atoms with Gasteiger partial charge in [0.2, 0.25) is 0 Å². The molecule has 1 aliphatic carbocycles. The number of carboxylic acid groups (broad SMARTS) is 1. The summed E-state index contributed by atoms with van der Waals surface area (Å²) in [5.41, 5.74) is 1.22. The predicted octanol–water partition coefficient (Wildman–Crippen LogP) is 4.74. The lowest BCUT2D eigenvalue weighted by Gasteiger charge is -2.28. The van der Waals surface area contributed by atoms with E-state index < -0.39 is 5.97 Å². The molecule has 1 aliphatic rings. The molecule has 0 amide bonds. The minimum atomic E-state index is -0.687. The van der Waals surface area contributed by atoms with Gasteiger partial charge < -0.3 is 5.11 Å². The molecule has 0 spiro atoms. The fourth-order valence-electron chi connectivity index (χ4n) is 2.71. The Morgan fingerprint density at radius 3 is 2.39 bits per heavy atom. The van der Waals surface area contributed by atoms with Crippen LogP contribution in [-0.2, 0) is 4.79 Å². The van der Waals surface area contributed by atoms with E-state index in [9.17, 15) is 4.79 Å². The summed E-state index contributed by atoms with van der Waals surface area (Å²) < 4.78 is 0. The van der Waals surface area contributed by atoms with Crippen molar-refractivity contribution in [2.45, 2.75) is 38.0 Å². The average molecular weight is 287 g/mol. The molecule has 0 unspecified atom stereocenters. The summed E-state index contributed by atoms with van der Waals surface area (Å²) in [6.07, 6.45) is 4.34. The summed E-state index contributed by atoms with van der Waals surface area (Å²) in [6, 6.07) is 5.80. The predicted molar refractivity (Wildman–Crippen MR) is 73.4 cm³/mol. The van der Waals surface area contributed by atoms with Crippen LogP contribution in [0, 0.1) is 5.92 Å². The van der Waals surface area contributed by atoms with Gasteiger partial charge in [0.1, 0.15) is 0 Å². The number of hydrogen-bond donors (Lipinski definition) is 1. The Morgan fingerprint density at radius 1 is 1.17 bits per heavy atom. The number of carbonyl (C=O) groups is 1. The van der Waals surface area contributed by atoms with Crippen molar-refractivity contribution in [3.8, 4) is 0 Å². The third-order valence-corrected chi connectivity index (χ3v) is 4.46. The van der Waals surface area contributed by atoms with Crippen LogP contribution in [0.4, 0.5) is 0 Å². The lowest BCUT2D eigenvalue weighted by Crippen LogP contribution is -2.16. The van der Waals surface area contributed by atoms with Crippen molar-refractivity contribution in [1.82, 2.24) is 0 Å². The monoisotopic (exact) mass is 286 g/mol. The lowest BCUT2D eigenvalue weighted by molar-refractivity contribution is -0.138. The van der Waals surface area contributed by atoms with Crippen LogP contribution in [0.25, 0.3) is 0 Å². The Bertz CT molecular complexity index is 437. The van der Waals surface area contributed by atoms with Crippen LogP contribution >= 0.6 is 23.2 Å². The van der Waals surface area contributed by atoms with E-state index in [1.807, 2.05) is 18.2 Å². The Kier molecular flexibility index (Phi) is 4.52. The maximum absolute atomic E-state index is 10.7. The highest BCUT2D eigenvalue weighted by Crippen LogP contribution is 2.38. The number of aliphatic carboxylic acids is 1. The van der Waals surface area contributed by atoms with E-state index in [1.165, 1.54) is 5.56 Å². The molecule has 1 N–H and O–H groups in total. The van der Waals surface area contributed by atoms with Crippen LogP contribution in [0.3, 0.4) is 0 Å². The third-order valence-electron chi connectivity index (χ3n) is 3.73. The minimum Gasteiger partial charge on any atom is -0.481 e. The van der Waals surface area contributed by atoms with Gasteiger partial charge in [0, 0.05) is 6.42 Å². The van der Waals surface area contributed by atoms with Gasteiger partial charge in [-0.1, -0.05) is 29.3 Å². The minimum absolute atomic E-state index is 0.300. The van der Waals surface area contributed by atoms with E-state index in [2.05, 4.69) is 0 Å². The number of hydrogen-bond acceptors (Lipinski definition) is 1. The van der Waals surface area contributed by atoms with E-state index in [-0.39, 0.29) is 0 Å². The molecule has 0 heterocycles. The zero-order valence-corrected chi connectivity index (χ0v) is 11.5. The molecule has 0 bridgehead atoms. The van der Waals surface area contributed by atoms with Gasteiger partial charge >= 0.3 is 5.97 Å². The van der Waals surface area contributed by atoms with Crippen molar-refractivity contribution in [2.24, 2.45) is 5.92 Å². The van der Waals surface area contributed by atoms with E-state index in [1.54, 1.807) is 0 Å². The van der Waals surface area contributed by atoms with Crippen LogP contribution in [0.5, 0.6) is 0 Å². The second-order valence-electron chi connectivity index (χ2n) is 4.99. The number of rotatable bonds is 3. The van der Waals surface area contributed by atoms with Crippen molar-refractivity contribution in [3.63, 3.8) is 0 Å². The van der Waals surface area contributed by atoms with Crippen molar-refractivity contribution in [2.75, 3.05) is 0 Å². The van der Waals surface area contributed by atoms with Crippen molar-refractivity contribution >= 4 is 29.2 Å². The molecule has 0 radical (unpaired) electrons. The molecule has 1 saturated carbocycles. The normalized spacial score (nSPS) is 23.9. The fraction of sp³-hybridized carbons (Fsp3) is 0.500. The van der Waals surface area contributed by atoms with Crippen molar-refractivity contribution < 1.29 is 9.90 Å². The summed E-state index contributed by atoms with van der Waals surface area (Å²) in [6.45, 7) is 0. The maximum Gasteiger partial charge on any atom is 0.303 e. The molecule has 0 atom stereocenters. The van der Waals surface area contributed by atoms with Crippen LogP contribution in [0.2, 0.25) is 10.0 Å². The molecule has 1 fully saturated rings. The van der Waals surface area contributed by atoms with Gasteiger partial charge in [-0.05, 0) is 55.2 Å². The molecule has 4 heteroatoms. The molecule has 1 aromatic rings. The Balaban J connectivity index is 1.96. The molecule has 2 rings (SSSR count). The van der Waals surface area contributed by atoms with Gasteiger partial charge in [-0.2, -0.15) is 0 Å². The van der Waals surface area contributed by atoms with E-state index in [4.69, 9.17) is 28.3 Å². The highest BCUT2D eigenvalue weighted by Gasteiger charge is 2.24. The summed E-state index contributed by atoms with van der Waals surface area (Å²) in [5, 5.41) is 9.97. The first-order valence-electron chi connectivity index (χ1n) is 6.23. The van der Waals surface area contributed by atoms with Crippen molar-refractivity contribution in [3.05, 3.63) is 33.8 Å². The second-order valence-corrected chi connectivity index (χ2v) is 5.80. The highest BCUT2D eigenvalue weighted by atomic mass is 35.5. The highest BCUT2D eigenvalue weighted by molar-refractivity contribution is 6.42. The Labute approximate surface area is 117 Å². The van der Waals surface area contributed by atoms with E-state index in [0.717, 1.165) is 25.7 Å². The summed E-state index contributed by atoms with van der Waals surface area (Å²) in [5.74, 6) is 0.138. The first kappa shape index (κ1) is 13.7. The zero-order chi connectivity index (χ0) is 13.1. The first-order valence-corrected chi connectivity index (χ1v) is 6.98. The molecule has 2 nitrogen and oxygen atoms in total. The van der Waals surface area contributed by atoms with Gasteiger partial charge in [-0.3, -0.25) is 4.79 Å². The molecule has 98 valence electrons. The maximum atomic E-state index is 10.7. The molecule has 0 aromatic heterocycles. The largest absolute Gasteiger partial charge is 0.481 e. The quantitative estimate of drug-likeness (QED) is 0.871. The summed E-state index contributed by atoms with van der Waals surface area (Å²) >= 11 is 11.9. The number of halogens is 2. The molecule has 18 heavy (non-hydrogen) atoms. The van der Waals surface area contributed by atoms with Crippen LogP contribution < -0.4 is 0 Å². The van der Waals surface area contributed by atoms with E-state index in [0.29, 0.717) is 28.3 Å². The molecule has 1 aromatic carbocycles. The van der Waals surface area contributed by atoms with Crippen LogP contribution in [0.15, 0.2) is 18.2 Å². The number of benzene rings is 1. The number of carboxylic acids is 1. The standard InChI is InChI=1S/C14H16Cl2O2/c15-12-6-5-11(8-13(12)16)10-3-1-9(2-4-10)7-14(17)18/h5-6,8-10H,1-4,7H2,(H,17,18). The first-order chi connectivity index (χ1) is 8.56. The van der Waals surface area contributed by atoms with Gasteiger partial charge in [0.05, 0.1) is 10.0 Å². The SMILES string of the molecule is O=C(O)CC1CCC(c2ccc(Cl)c(Cl)c2)CC1. The molecular weight excluding hydrogens is 271 g/mol. The zero-order valence-electron chi connectivity index (χ0n) is 10.0. The van der Waals surface area contributed by atoms with Gasteiger partial charge in [-0.15, -0.1) is 0 Å². The summed E-state index contributed by atoms with van der Waals surface area (Å²) in [4.78, 5) is 10.7. The van der Waals surface area contributed by atoms with E-state index >= 15 is 0 Å². The fourth-order valence-corrected chi connectivity index (χ4v) is 3.02. The smallest absolute Gasteiger partial charge is 0.303 e. The van der Waals surface area contributed by atoms with Gasteiger partial charge in [0.15, 0.2) is 0 Å². The second kappa shape index (κ2) is 5.94. The summed E-state index contributed by atoms with van der Waals surface area (Å²) in [7, 11) is 0. The third kappa shape index (κ3) is 3.39. The van der Waals surface area contributed by atoms with Crippen LogP contribution in [-0.4, -0.2) is 11.1 Å². The lowest BCUT2D eigenvalue weighted by atomic mass is 9.77.